The van der Waals surface area contributed by atoms with E-state index in [0.717, 1.165) is 0 Å². The molecule has 0 amide bonds. The van der Waals surface area contributed by atoms with Crippen LogP contribution in [0.25, 0.3) is 0 Å². The lowest BCUT2D eigenvalue weighted by Crippen LogP contribution is -2.58. The standard InChI is InChI=1S/C18H34O4/c1-9-17(13(5)6,15(19)21-11-3)18(10-2,14(7)8)16(20)22-12-4/h13-14H,9-12H2,1-8H3. The van der Waals surface area contributed by atoms with Gasteiger partial charge < -0.3 is 9.47 Å². The Hall–Kier alpha value is -1.06. The van der Waals surface area contributed by atoms with Crippen molar-refractivity contribution in [3.8, 4) is 0 Å². The molecule has 4 heteroatoms. The summed E-state index contributed by atoms with van der Waals surface area (Å²) in [5.74, 6) is -0.612. The predicted octanol–water partition coefficient (Wildman–Crippen LogP) is 4.22. The van der Waals surface area contributed by atoms with Crippen molar-refractivity contribution in [2.24, 2.45) is 22.7 Å². The molecule has 0 aliphatic heterocycles. The number of hydrogen-bond donors (Lipinski definition) is 0. The SMILES string of the molecule is CCOC(=O)C(CC)(C(C)C)C(CC)(C(=O)OCC)C(C)C. The van der Waals surface area contributed by atoms with Gasteiger partial charge in [0.15, 0.2) is 0 Å². The van der Waals surface area contributed by atoms with E-state index >= 15 is 0 Å². The van der Waals surface area contributed by atoms with Crippen molar-refractivity contribution < 1.29 is 19.1 Å². The molecule has 0 rings (SSSR count). The van der Waals surface area contributed by atoms with Gasteiger partial charge in [0.05, 0.1) is 24.0 Å². The quantitative estimate of drug-likeness (QED) is 0.598. The summed E-state index contributed by atoms with van der Waals surface area (Å²) in [6.45, 7) is 16.1. The Morgan fingerprint density at radius 2 is 1.00 bits per heavy atom. The largest absolute Gasteiger partial charge is 0.466 e. The van der Waals surface area contributed by atoms with Crippen LogP contribution in [0, 0.1) is 22.7 Å². The lowest BCUT2D eigenvalue weighted by molar-refractivity contribution is -0.194. The van der Waals surface area contributed by atoms with Gasteiger partial charge in [-0.05, 0) is 38.5 Å². The minimum Gasteiger partial charge on any atom is -0.466 e. The molecule has 22 heavy (non-hydrogen) atoms. The fourth-order valence-electron chi connectivity index (χ4n) is 4.12. The summed E-state index contributed by atoms with van der Waals surface area (Å²) in [5.41, 5.74) is -1.75. The Balaban J connectivity index is 6.40. The summed E-state index contributed by atoms with van der Waals surface area (Å²) >= 11 is 0. The van der Waals surface area contributed by atoms with Crippen molar-refractivity contribution in [3.63, 3.8) is 0 Å². The minimum atomic E-state index is -0.877. The van der Waals surface area contributed by atoms with Crippen molar-refractivity contribution >= 4 is 11.9 Å². The van der Waals surface area contributed by atoms with Gasteiger partial charge in [-0.2, -0.15) is 0 Å². The molecule has 0 saturated carbocycles. The van der Waals surface area contributed by atoms with E-state index in [-0.39, 0.29) is 23.8 Å². The molecule has 0 saturated heterocycles. The van der Waals surface area contributed by atoms with Gasteiger partial charge in [-0.15, -0.1) is 0 Å². The Labute approximate surface area is 135 Å². The van der Waals surface area contributed by atoms with E-state index in [1.807, 2.05) is 41.5 Å². The van der Waals surface area contributed by atoms with Gasteiger partial charge in [-0.25, -0.2) is 0 Å². The highest BCUT2D eigenvalue weighted by Crippen LogP contribution is 2.56. The second-order valence-corrected chi connectivity index (χ2v) is 6.40. The maximum atomic E-state index is 12.9. The van der Waals surface area contributed by atoms with Gasteiger partial charge in [0.2, 0.25) is 0 Å². The molecular weight excluding hydrogens is 280 g/mol. The number of carbonyl (C=O) groups is 2. The molecular formula is C18H34O4. The first-order chi connectivity index (χ1) is 10.2. The van der Waals surface area contributed by atoms with E-state index in [0.29, 0.717) is 26.1 Å². The molecule has 0 aliphatic carbocycles. The van der Waals surface area contributed by atoms with Gasteiger partial charge in [0, 0.05) is 0 Å². The summed E-state index contributed by atoms with van der Waals surface area (Å²) < 4.78 is 10.8. The molecule has 0 radical (unpaired) electrons. The van der Waals surface area contributed by atoms with Crippen LogP contribution in [0.3, 0.4) is 0 Å². The fraction of sp³-hybridized carbons (Fsp3) is 0.889. The van der Waals surface area contributed by atoms with Crippen molar-refractivity contribution in [1.29, 1.82) is 0 Å². The monoisotopic (exact) mass is 314 g/mol. The maximum Gasteiger partial charge on any atom is 0.313 e. The van der Waals surface area contributed by atoms with Crippen LogP contribution in [-0.4, -0.2) is 25.2 Å². The maximum absolute atomic E-state index is 12.9. The molecule has 0 N–H and O–H groups in total. The summed E-state index contributed by atoms with van der Waals surface area (Å²) in [4.78, 5) is 25.9. The van der Waals surface area contributed by atoms with E-state index in [4.69, 9.17) is 9.47 Å². The Bertz CT molecular complexity index is 339. The summed E-state index contributed by atoms with van der Waals surface area (Å²) in [7, 11) is 0. The first-order valence-corrected chi connectivity index (χ1v) is 8.57. The van der Waals surface area contributed by atoms with Gasteiger partial charge in [0.25, 0.3) is 0 Å². The predicted molar refractivity (Wildman–Crippen MR) is 88.4 cm³/mol. The summed E-state index contributed by atoms with van der Waals surface area (Å²) in [6.07, 6.45) is 1.10. The highest BCUT2D eigenvalue weighted by molar-refractivity contribution is 5.89. The van der Waals surface area contributed by atoms with Gasteiger partial charge in [0.1, 0.15) is 0 Å². The molecule has 0 spiro atoms. The third-order valence-corrected chi connectivity index (χ3v) is 5.16. The second kappa shape index (κ2) is 8.54. The fourth-order valence-corrected chi connectivity index (χ4v) is 4.12. The topological polar surface area (TPSA) is 52.6 Å². The van der Waals surface area contributed by atoms with Crippen molar-refractivity contribution in [2.75, 3.05) is 13.2 Å². The molecule has 4 nitrogen and oxygen atoms in total. The zero-order valence-electron chi connectivity index (χ0n) is 15.6. The Morgan fingerprint density at radius 1 is 0.727 bits per heavy atom. The van der Waals surface area contributed by atoms with Crippen molar-refractivity contribution in [3.05, 3.63) is 0 Å². The molecule has 0 fully saturated rings. The van der Waals surface area contributed by atoms with Crippen LogP contribution < -0.4 is 0 Å². The molecule has 2 unspecified atom stereocenters. The van der Waals surface area contributed by atoms with E-state index in [1.165, 1.54) is 0 Å². The molecule has 0 heterocycles. The van der Waals surface area contributed by atoms with Crippen LogP contribution in [0.2, 0.25) is 0 Å². The molecule has 130 valence electrons. The van der Waals surface area contributed by atoms with Crippen molar-refractivity contribution in [2.45, 2.75) is 68.2 Å². The molecule has 0 aromatic rings. The van der Waals surface area contributed by atoms with Crippen LogP contribution in [0.15, 0.2) is 0 Å². The lowest BCUT2D eigenvalue weighted by Gasteiger charge is -2.51. The smallest absolute Gasteiger partial charge is 0.313 e. The minimum absolute atomic E-state index is 0.0247. The third kappa shape index (κ3) is 3.16. The highest BCUT2D eigenvalue weighted by atomic mass is 16.5. The van der Waals surface area contributed by atoms with Crippen LogP contribution >= 0.6 is 0 Å². The van der Waals surface area contributed by atoms with Crippen LogP contribution in [-0.2, 0) is 19.1 Å². The van der Waals surface area contributed by atoms with Crippen LogP contribution in [0.5, 0.6) is 0 Å². The first kappa shape index (κ1) is 20.9. The summed E-state index contributed by atoms with van der Waals surface area (Å²) in [5, 5.41) is 0. The van der Waals surface area contributed by atoms with Gasteiger partial charge >= 0.3 is 11.9 Å². The number of carbonyl (C=O) groups excluding carboxylic acids is 2. The molecule has 0 aromatic heterocycles. The van der Waals surface area contributed by atoms with E-state index in [2.05, 4.69) is 0 Å². The van der Waals surface area contributed by atoms with E-state index < -0.39 is 10.8 Å². The Morgan fingerprint density at radius 3 is 1.14 bits per heavy atom. The lowest BCUT2D eigenvalue weighted by atomic mass is 9.51. The zero-order valence-corrected chi connectivity index (χ0v) is 15.6. The molecule has 0 aromatic carbocycles. The van der Waals surface area contributed by atoms with Crippen LogP contribution in [0.4, 0.5) is 0 Å². The zero-order chi connectivity index (χ0) is 17.6. The molecule has 0 aliphatic rings. The Kier molecular flexibility index (Phi) is 8.13. The van der Waals surface area contributed by atoms with E-state index in [1.54, 1.807) is 13.8 Å². The van der Waals surface area contributed by atoms with Gasteiger partial charge in [-0.1, -0.05) is 41.5 Å². The molecule has 0 bridgehead atoms. The number of rotatable bonds is 9. The number of ether oxygens (including phenoxy) is 2. The average molecular weight is 314 g/mol. The number of hydrogen-bond acceptors (Lipinski definition) is 4. The normalized spacial score (nSPS) is 17.0. The average Bonchev–Trinajstić information content (AvgIpc) is 2.44. The second-order valence-electron chi connectivity index (χ2n) is 6.40. The summed E-state index contributed by atoms with van der Waals surface area (Å²) in [6, 6.07) is 0. The molecule has 2 atom stereocenters. The third-order valence-electron chi connectivity index (χ3n) is 5.16. The van der Waals surface area contributed by atoms with Crippen molar-refractivity contribution in [1.82, 2.24) is 0 Å². The van der Waals surface area contributed by atoms with Crippen LogP contribution in [0.1, 0.15) is 68.2 Å². The van der Waals surface area contributed by atoms with E-state index in [9.17, 15) is 9.59 Å². The highest BCUT2D eigenvalue weighted by Gasteiger charge is 2.63. The van der Waals surface area contributed by atoms with Gasteiger partial charge in [-0.3, -0.25) is 9.59 Å². The first-order valence-electron chi connectivity index (χ1n) is 8.57. The number of esters is 2.